The third-order valence-corrected chi connectivity index (χ3v) is 10.3. The van der Waals surface area contributed by atoms with Crippen LogP contribution in [0.2, 0.25) is 0 Å². The number of hydrogen-bond donors (Lipinski definition) is 1. The van der Waals surface area contributed by atoms with E-state index in [1.807, 2.05) is 0 Å². The predicted octanol–water partition coefficient (Wildman–Crippen LogP) is 7.33. The molecule has 0 amide bonds. The molecule has 0 aromatic rings. The van der Waals surface area contributed by atoms with Gasteiger partial charge in [0.15, 0.2) is 0 Å². The Balaban J connectivity index is 1.54. The molecule has 9 atom stereocenters. The average molecular weight is 397 g/mol. The Bertz CT molecular complexity index is 701. The number of aliphatic hydroxyl groups excluding tert-OH is 1. The van der Waals surface area contributed by atoms with E-state index in [9.17, 15) is 5.11 Å². The van der Waals surface area contributed by atoms with Crippen LogP contribution in [0.5, 0.6) is 0 Å². The summed E-state index contributed by atoms with van der Waals surface area (Å²) >= 11 is 0. The van der Waals surface area contributed by atoms with Crippen molar-refractivity contribution in [2.75, 3.05) is 0 Å². The third-order valence-electron chi connectivity index (χ3n) is 10.3. The molecule has 4 rings (SSSR count). The molecule has 4 aliphatic rings. The Morgan fingerprint density at radius 1 is 1.10 bits per heavy atom. The van der Waals surface area contributed by atoms with E-state index in [0.29, 0.717) is 22.7 Å². The summed E-state index contributed by atoms with van der Waals surface area (Å²) in [6.07, 6.45) is 17.4. The molecule has 9 unspecified atom stereocenters. The highest BCUT2D eigenvalue weighted by Gasteiger charge is 2.58. The van der Waals surface area contributed by atoms with E-state index >= 15 is 0 Å². The molecular formula is C28H44O. The van der Waals surface area contributed by atoms with Gasteiger partial charge in [0.25, 0.3) is 0 Å². The molecule has 0 bridgehead atoms. The van der Waals surface area contributed by atoms with Crippen LogP contribution in [-0.2, 0) is 0 Å². The van der Waals surface area contributed by atoms with Gasteiger partial charge in [0, 0.05) is 0 Å². The van der Waals surface area contributed by atoms with E-state index in [0.717, 1.165) is 36.5 Å². The second kappa shape index (κ2) is 7.70. The van der Waals surface area contributed by atoms with Gasteiger partial charge in [-0.25, -0.2) is 0 Å². The molecule has 0 aliphatic heterocycles. The Hall–Kier alpha value is -0.820. The van der Waals surface area contributed by atoms with Gasteiger partial charge >= 0.3 is 0 Å². The average Bonchev–Trinajstić information content (AvgIpc) is 3.03. The molecule has 0 radical (unpaired) electrons. The van der Waals surface area contributed by atoms with Gasteiger partial charge in [0.05, 0.1) is 6.10 Å². The van der Waals surface area contributed by atoms with Crippen molar-refractivity contribution < 1.29 is 5.11 Å². The summed E-state index contributed by atoms with van der Waals surface area (Å²) in [5.74, 6) is 4.59. The van der Waals surface area contributed by atoms with E-state index in [2.05, 4.69) is 59.4 Å². The van der Waals surface area contributed by atoms with E-state index in [1.165, 1.54) is 44.1 Å². The van der Waals surface area contributed by atoms with Crippen molar-refractivity contribution in [2.45, 2.75) is 92.1 Å². The lowest BCUT2D eigenvalue weighted by molar-refractivity contribution is -0.0540. The van der Waals surface area contributed by atoms with E-state index in [4.69, 9.17) is 0 Å². The van der Waals surface area contributed by atoms with Crippen LogP contribution in [0.3, 0.4) is 0 Å². The zero-order valence-electron chi connectivity index (χ0n) is 19.6. The Kier molecular flexibility index (Phi) is 5.69. The second-order valence-corrected chi connectivity index (χ2v) is 11.8. The fourth-order valence-corrected chi connectivity index (χ4v) is 8.19. The van der Waals surface area contributed by atoms with Crippen LogP contribution >= 0.6 is 0 Å². The van der Waals surface area contributed by atoms with Crippen LogP contribution in [0.15, 0.2) is 36.0 Å². The van der Waals surface area contributed by atoms with Crippen molar-refractivity contribution in [3.8, 4) is 0 Å². The van der Waals surface area contributed by atoms with Crippen molar-refractivity contribution in [2.24, 2.45) is 46.3 Å². The van der Waals surface area contributed by atoms with E-state index in [1.54, 1.807) is 5.57 Å². The van der Waals surface area contributed by atoms with Gasteiger partial charge in [-0.1, -0.05) is 63.6 Å². The van der Waals surface area contributed by atoms with E-state index < -0.39 is 0 Å². The van der Waals surface area contributed by atoms with Crippen molar-refractivity contribution in [3.63, 3.8) is 0 Å². The van der Waals surface area contributed by atoms with Gasteiger partial charge in [-0.05, 0) is 105 Å². The van der Waals surface area contributed by atoms with Crippen LogP contribution in [0.4, 0.5) is 0 Å². The van der Waals surface area contributed by atoms with Gasteiger partial charge in [0.2, 0.25) is 0 Å². The van der Waals surface area contributed by atoms with Gasteiger partial charge < -0.3 is 5.11 Å². The largest absolute Gasteiger partial charge is 0.393 e. The lowest BCUT2D eigenvalue weighted by atomic mass is 9.47. The monoisotopic (exact) mass is 396 g/mol. The lowest BCUT2D eigenvalue weighted by Crippen LogP contribution is -2.50. The maximum absolute atomic E-state index is 10.2. The van der Waals surface area contributed by atoms with Gasteiger partial charge in [-0.3, -0.25) is 0 Å². The molecular weight excluding hydrogens is 352 g/mol. The van der Waals surface area contributed by atoms with Crippen molar-refractivity contribution >= 4 is 0 Å². The smallest absolute Gasteiger partial charge is 0.0577 e. The molecule has 3 fully saturated rings. The first-order chi connectivity index (χ1) is 13.7. The summed E-state index contributed by atoms with van der Waals surface area (Å²) in [5, 5.41) is 10.2. The summed E-state index contributed by atoms with van der Waals surface area (Å²) in [5.41, 5.74) is 3.73. The third kappa shape index (κ3) is 3.50. The maximum atomic E-state index is 10.2. The van der Waals surface area contributed by atoms with E-state index in [-0.39, 0.29) is 6.10 Å². The first-order valence-electron chi connectivity index (χ1n) is 12.4. The lowest BCUT2D eigenvalue weighted by Gasteiger charge is -2.58. The first-order valence-corrected chi connectivity index (χ1v) is 12.4. The highest BCUT2D eigenvalue weighted by atomic mass is 16.3. The number of aliphatic hydroxyl groups is 1. The van der Waals surface area contributed by atoms with Crippen LogP contribution in [-0.4, -0.2) is 11.2 Å². The molecule has 1 nitrogen and oxygen atoms in total. The summed E-state index contributed by atoms with van der Waals surface area (Å²) in [6, 6.07) is 0. The molecule has 0 spiro atoms. The molecule has 29 heavy (non-hydrogen) atoms. The van der Waals surface area contributed by atoms with Crippen LogP contribution in [0.25, 0.3) is 0 Å². The highest BCUT2D eigenvalue weighted by Crippen LogP contribution is 2.67. The van der Waals surface area contributed by atoms with Gasteiger partial charge in [-0.15, -0.1) is 0 Å². The summed E-state index contributed by atoms with van der Waals surface area (Å²) in [7, 11) is 0. The zero-order chi connectivity index (χ0) is 21.0. The number of allylic oxidation sites excluding steroid dienone is 4. The Morgan fingerprint density at radius 2 is 1.86 bits per heavy atom. The van der Waals surface area contributed by atoms with Gasteiger partial charge in [-0.2, -0.15) is 0 Å². The fraction of sp³-hybridized carbons (Fsp3) is 0.786. The summed E-state index contributed by atoms with van der Waals surface area (Å²) in [4.78, 5) is 0. The SMILES string of the molecule is C=C(C)C(C)C=CC(C)C1CCC2C3CC=C4CC(O)CCC4(C)C3CCC12C. The zero-order valence-corrected chi connectivity index (χ0v) is 19.6. The minimum atomic E-state index is -0.0928. The topological polar surface area (TPSA) is 20.2 Å². The second-order valence-electron chi connectivity index (χ2n) is 11.8. The normalized spacial score (nSPS) is 46.4. The molecule has 1 N–H and O–H groups in total. The minimum Gasteiger partial charge on any atom is -0.393 e. The quantitative estimate of drug-likeness (QED) is 0.493. The van der Waals surface area contributed by atoms with Crippen LogP contribution in [0.1, 0.15) is 86.0 Å². The highest BCUT2D eigenvalue weighted by molar-refractivity contribution is 5.25. The summed E-state index contributed by atoms with van der Waals surface area (Å²) < 4.78 is 0. The molecule has 4 aliphatic carbocycles. The summed E-state index contributed by atoms with van der Waals surface area (Å²) in [6.45, 7) is 16.2. The molecule has 0 aromatic heterocycles. The Labute approximate surface area is 179 Å². The maximum Gasteiger partial charge on any atom is 0.0577 e. The van der Waals surface area contributed by atoms with Gasteiger partial charge in [0.1, 0.15) is 0 Å². The Morgan fingerprint density at radius 3 is 2.59 bits per heavy atom. The first kappa shape index (κ1) is 21.4. The molecule has 0 aromatic carbocycles. The van der Waals surface area contributed by atoms with Crippen molar-refractivity contribution in [1.29, 1.82) is 0 Å². The van der Waals surface area contributed by atoms with Crippen molar-refractivity contribution in [1.82, 2.24) is 0 Å². The predicted molar refractivity (Wildman–Crippen MR) is 123 cm³/mol. The molecule has 162 valence electrons. The van der Waals surface area contributed by atoms with Crippen LogP contribution < -0.4 is 0 Å². The number of hydrogen-bond acceptors (Lipinski definition) is 1. The molecule has 0 heterocycles. The van der Waals surface area contributed by atoms with Crippen LogP contribution in [0, 0.1) is 46.3 Å². The number of rotatable bonds is 4. The standard InChI is InChI=1S/C28H44O/c1-18(2)19(3)7-8-20(4)24-11-12-25-23-10-9-21-17-22(29)13-15-27(21,5)26(23)14-16-28(24,25)6/h7-9,19-20,22-26,29H,1,10-17H2,2-6H3. The molecule has 3 saturated carbocycles. The fourth-order valence-electron chi connectivity index (χ4n) is 8.19. The molecule has 0 saturated heterocycles. The minimum absolute atomic E-state index is 0.0928. The number of fused-ring (bicyclic) bond motifs is 5. The molecule has 1 heteroatoms. The van der Waals surface area contributed by atoms with Crippen molar-refractivity contribution in [3.05, 3.63) is 36.0 Å².